The van der Waals surface area contributed by atoms with Crippen molar-refractivity contribution in [1.82, 2.24) is 9.29 Å². The number of benzene rings is 2. The second-order valence-corrected chi connectivity index (χ2v) is 10.6. The Balaban J connectivity index is 1.41. The van der Waals surface area contributed by atoms with Crippen molar-refractivity contribution in [1.29, 1.82) is 0 Å². The molecular weight excluding hydrogens is 474 g/mol. The van der Waals surface area contributed by atoms with Crippen molar-refractivity contribution in [3.63, 3.8) is 0 Å². The number of aromatic nitrogens is 1. The molecule has 0 atom stereocenters. The molecule has 0 bridgehead atoms. The average Bonchev–Trinajstić information content (AvgIpc) is 3.24. The summed E-state index contributed by atoms with van der Waals surface area (Å²) >= 11 is 7.52. The normalized spacial score (nSPS) is 15.6. The molecule has 0 spiro atoms. The van der Waals surface area contributed by atoms with Crippen molar-refractivity contribution in [3.05, 3.63) is 41.4 Å². The maximum absolute atomic E-state index is 12.9. The van der Waals surface area contributed by atoms with Gasteiger partial charge >= 0.3 is 0 Å². The van der Waals surface area contributed by atoms with E-state index in [1.807, 2.05) is 0 Å². The van der Waals surface area contributed by atoms with Gasteiger partial charge in [0.1, 0.15) is 17.0 Å². The van der Waals surface area contributed by atoms with Crippen LogP contribution in [0.5, 0.6) is 11.5 Å². The van der Waals surface area contributed by atoms with Gasteiger partial charge in [0.15, 0.2) is 5.13 Å². The Morgan fingerprint density at radius 2 is 1.81 bits per heavy atom. The number of halogens is 1. The van der Waals surface area contributed by atoms with Crippen molar-refractivity contribution in [2.24, 2.45) is 5.92 Å². The molecule has 11 heteroatoms. The van der Waals surface area contributed by atoms with Gasteiger partial charge in [0.25, 0.3) is 0 Å². The summed E-state index contributed by atoms with van der Waals surface area (Å²) in [5, 5.41) is 3.82. The lowest BCUT2D eigenvalue weighted by Gasteiger charge is -2.30. The molecule has 0 unspecified atom stereocenters. The number of nitrogens with one attached hydrogen (secondary N) is 1. The molecule has 32 heavy (non-hydrogen) atoms. The lowest BCUT2D eigenvalue weighted by molar-refractivity contribution is -0.120. The molecule has 0 radical (unpaired) electrons. The second kappa shape index (κ2) is 9.22. The van der Waals surface area contributed by atoms with Gasteiger partial charge in [-0.1, -0.05) is 22.9 Å². The van der Waals surface area contributed by atoms with Crippen LogP contribution in [-0.4, -0.2) is 50.9 Å². The summed E-state index contributed by atoms with van der Waals surface area (Å²) in [4.78, 5) is 17.4. The highest BCUT2D eigenvalue weighted by Crippen LogP contribution is 2.37. The number of fused-ring (bicyclic) bond motifs is 1. The number of sulfonamides is 1. The highest BCUT2D eigenvalue weighted by atomic mass is 35.5. The van der Waals surface area contributed by atoms with Gasteiger partial charge in [0, 0.05) is 19.0 Å². The molecule has 2 heterocycles. The van der Waals surface area contributed by atoms with E-state index in [0.29, 0.717) is 40.0 Å². The molecular formula is C21H22ClN3O5S2. The Hall–Kier alpha value is -2.40. The molecule has 1 aliphatic heterocycles. The van der Waals surface area contributed by atoms with Crippen molar-refractivity contribution < 1.29 is 22.7 Å². The molecule has 0 saturated carbocycles. The van der Waals surface area contributed by atoms with Crippen LogP contribution in [0.2, 0.25) is 5.02 Å². The fourth-order valence-electron chi connectivity index (χ4n) is 3.63. The Morgan fingerprint density at radius 1 is 1.12 bits per heavy atom. The van der Waals surface area contributed by atoms with E-state index >= 15 is 0 Å². The summed E-state index contributed by atoms with van der Waals surface area (Å²) in [6.45, 7) is 0.540. The molecule has 8 nitrogen and oxygen atoms in total. The van der Waals surface area contributed by atoms with E-state index in [0.717, 1.165) is 4.70 Å². The average molecular weight is 496 g/mol. The smallest absolute Gasteiger partial charge is 0.243 e. The van der Waals surface area contributed by atoms with Crippen LogP contribution in [0.4, 0.5) is 5.13 Å². The first-order valence-electron chi connectivity index (χ1n) is 9.91. The Labute approximate surface area is 195 Å². The summed E-state index contributed by atoms with van der Waals surface area (Å²) in [6, 6.07) is 9.75. The molecule has 170 valence electrons. The Morgan fingerprint density at radius 3 is 2.44 bits per heavy atom. The zero-order valence-electron chi connectivity index (χ0n) is 17.5. The van der Waals surface area contributed by atoms with E-state index in [1.54, 1.807) is 31.4 Å². The minimum atomic E-state index is -3.62. The SMILES string of the molecule is COc1ccc(S(=O)(=O)N2CCC(C(=O)Nc3nc4c(OC)ccc(Cl)c4s3)CC2)cc1. The molecule has 1 aromatic heterocycles. The van der Waals surface area contributed by atoms with Crippen LogP contribution in [-0.2, 0) is 14.8 Å². The number of thiazole rings is 1. The van der Waals surface area contributed by atoms with Crippen LogP contribution >= 0.6 is 22.9 Å². The number of piperidine rings is 1. The van der Waals surface area contributed by atoms with Gasteiger partial charge in [-0.25, -0.2) is 13.4 Å². The molecule has 2 aromatic carbocycles. The largest absolute Gasteiger partial charge is 0.497 e. The van der Waals surface area contributed by atoms with Crippen LogP contribution in [0.25, 0.3) is 10.2 Å². The fourth-order valence-corrected chi connectivity index (χ4v) is 6.26. The molecule has 1 amide bonds. The van der Waals surface area contributed by atoms with Gasteiger partial charge in [0.2, 0.25) is 15.9 Å². The van der Waals surface area contributed by atoms with Crippen LogP contribution < -0.4 is 14.8 Å². The van der Waals surface area contributed by atoms with E-state index in [1.165, 1.54) is 34.9 Å². The number of rotatable bonds is 6. The lowest BCUT2D eigenvalue weighted by atomic mass is 9.97. The monoisotopic (exact) mass is 495 g/mol. The van der Waals surface area contributed by atoms with Crippen molar-refractivity contribution in [2.75, 3.05) is 32.6 Å². The molecule has 1 N–H and O–H groups in total. The number of ether oxygens (including phenoxy) is 2. The number of amides is 1. The van der Waals surface area contributed by atoms with Gasteiger partial charge in [-0.2, -0.15) is 4.31 Å². The first-order chi connectivity index (χ1) is 15.3. The van der Waals surface area contributed by atoms with Crippen LogP contribution in [0.15, 0.2) is 41.3 Å². The number of anilines is 1. The number of nitrogens with zero attached hydrogens (tertiary/aromatic N) is 2. The minimum absolute atomic E-state index is 0.180. The number of hydrogen-bond acceptors (Lipinski definition) is 7. The van der Waals surface area contributed by atoms with Crippen LogP contribution in [0.1, 0.15) is 12.8 Å². The third-order valence-electron chi connectivity index (χ3n) is 5.43. The summed E-state index contributed by atoms with van der Waals surface area (Å²) in [5.41, 5.74) is 0.598. The number of hydrogen-bond donors (Lipinski definition) is 1. The van der Waals surface area contributed by atoms with Gasteiger partial charge in [-0.15, -0.1) is 0 Å². The van der Waals surface area contributed by atoms with Crippen molar-refractivity contribution in [3.8, 4) is 11.5 Å². The second-order valence-electron chi connectivity index (χ2n) is 7.29. The predicted molar refractivity (Wildman–Crippen MR) is 124 cm³/mol. The summed E-state index contributed by atoms with van der Waals surface area (Å²) < 4.78 is 38.3. The van der Waals surface area contributed by atoms with Gasteiger partial charge in [-0.05, 0) is 49.2 Å². The molecule has 3 aromatic rings. The standard InChI is InChI=1S/C21H22ClN3O5S2/c1-29-14-3-5-15(6-4-14)32(27,28)25-11-9-13(10-12-25)20(26)24-21-23-18-17(30-2)8-7-16(22)19(18)31-21/h3-8,13H,9-12H2,1-2H3,(H,23,24,26). The van der Waals surface area contributed by atoms with Gasteiger partial charge in [0.05, 0.1) is 28.8 Å². The maximum Gasteiger partial charge on any atom is 0.243 e. The van der Waals surface area contributed by atoms with E-state index < -0.39 is 10.0 Å². The number of carbonyl (C=O) groups excluding carboxylic acids is 1. The predicted octanol–water partition coefficient (Wildman–Crippen LogP) is 4.01. The third kappa shape index (κ3) is 4.40. The molecule has 0 aliphatic carbocycles. The number of carbonyl (C=O) groups is 1. The first kappa shape index (κ1) is 22.8. The highest BCUT2D eigenvalue weighted by molar-refractivity contribution is 7.89. The van der Waals surface area contributed by atoms with Crippen LogP contribution in [0, 0.1) is 5.92 Å². The fraction of sp³-hybridized carbons (Fsp3) is 0.333. The topological polar surface area (TPSA) is 97.8 Å². The Bertz CT molecular complexity index is 1240. The molecule has 1 fully saturated rings. The van der Waals surface area contributed by atoms with E-state index in [-0.39, 0.29) is 29.8 Å². The zero-order valence-corrected chi connectivity index (χ0v) is 19.9. The quantitative estimate of drug-likeness (QED) is 0.555. The van der Waals surface area contributed by atoms with E-state index in [9.17, 15) is 13.2 Å². The molecule has 1 saturated heterocycles. The first-order valence-corrected chi connectivity index (χ1v) is 12.5. The maximum atomic E-state index is 12.9. The summed E-state index contributed by atoms with van der Waals surface area (Å²) in [6.07, 6.45) is 0.854. The molecule has 4 rings (SSSR count). The van der Waals surface area contributed by atoms with Crippen LogP contribution in [0.3, 0.4) is 0 Å². The summed E-state index contributed by atoms with van der Waals surface area (Å²) in [7, 11) is -0.541. The van der Waals surface area contributed by atoms with E-state index in [4.69, 9.17) is 21.1 Å². The summed E-state index contributed by atoms with van der Waals surface area (Å²) in [5.74, 6) is 0.689. The number of methoxy groups -OCH3 is 2. The minimum Gasteiger partial charge on any atom is -0.497 e. The lowest BCUT2D eigenvalue weighted by Crippen LogP contribution is -2.41. The Kier molecular flexibility index (Phi) is 6.57. The molecule has 1 aliphatic rings. The zero-order chi connectivity index (χ0) is 22.9. The van der Waals surface area contributed by atoms with Gasteiger partial charge in [-0.3, -0.25) is 4.79 Å². The third-order valence-corrected chi connectivity index (χ3v) is 8.77. The van der Waals surface area contributed by atoms with Crippen molar-refractivity contribution in [2.45, 2.75) is 17.7 Å². The highest BCUT2D eigenvalue weighted by Gasteiger charge is 2.32. The van der Waals surface area contributed by atoms with E-state index in [2.05, 4.69) is 10.3 Å². The van der Waals surface area contributed by atoms with Crippen molar-refractivity contribution >= 4 is 54.2 Å². The van der Waals surface area contributed by atoms with Gasteiger partial charge < -0.3 is 14.8 Å².